The van der Waals surface area contributed by atoms with Crippen molar-refractivity contribution < 1.29 is 9.47 Å². The number of piperidine rings is 1. The minimum Gasteiger partial charge on any atom is -0.489 e. The van der Waals surface area contributed by atoms with Crippen molar-refractivity contribution in [3.63, 3.8) is 0 Å². The van der Waals surface area contributed by atoms with E-state index in [0.717, 1.165) is 61.4 Å². The van der Waals surface area contributed by atoms with Crippen LogP contribution in [0.3, 0.4) is 0 Å². The maximum Gasteiger partial charge on any atom is 0.245 e. The summed E-state index contributed by atoms with van der Waals surface area (Å²) < 4.78 is 14.6. The van der Waals surface area contributed by atoms with Crippen molar-refractivity contribution in [3.8, 4) is 23.0 Å². The molecule has 0 unspecified atom stereocenters. The molecule has 2 aromatic carbocycles. The molecule has 0 atom stereocenters. The first-order chi connectivity index (χ1) is 17.1. The van der Waals surface area contributed by atoms with Crippen molar-refractivity contribution >= 4 is 22.8 Å². The molecule has 0 spiro atoms. The van der Waals surface area contributed by atoms with Gasteiger partial charge in [0, 0.05) is 5.56 Å². The van der Waals surface area contributed by atoms with Gasteiger partial charge in [0.05, 0.1) is 11.6 Å². The Bertz CT molecular complexity index is 1350. The number of aromatic nitrogens is 4. The molecule has 1 saturated heterocycles. The first kappa shape index (κ1) is 22.3. The van der Waals surface area contributed by atoms with E-state index in [4.69, 9.17) is 26.1 Å². The van der Waals surface area contributed by atoms with Crippen LogP contribution in [0, 0.1) is 0 Å². The maximum absolute atomic E-state index is 6.96. The van der Waals surface area contributed by atoms with E-state index in [1.165, 1.54) is 0 Å². The smallest absolute Gasteiger partial charge is 0.245 e. The van der Waals surface area contributed by atoms with Crippen molar-refractivity contribution in [1.29, 1.82) is 0 Å². The second-order valence-corrected chi connectivity index (χ2v) is 9.97. The first-order valence-electron chi connectivity index (χ1n) is 12.2. The third kappa shape index (κ3) is 4.58. The van der Waals surface area contributed by atoms with Gasteiger partial charge in [0.1, 0.15) is 29.6 Å². The molecule has 0 amide bonds. The van der Waals surface area contributed by atoms with Gasteiger partial charge in [0.25, 0.3) is 0 Å². The van der Waals surface area contributed by atoms with Gasteiger partial charge in [-0.2, -0.15) is 4.98 Å². The fourth-order valence-corrected chi connectivity index (χ4v) is 4.75. The van der Waals surface area contributed by atoms with Gasteiger partial charge in [-0.3, -0.25) is 0 Å². The molecule has 2 fully saturated rings. The molecule has 1 aliphatic carbocycles. The summed E-state index contributed by atoms with van der Waals surface area (Å²) in [5.41, 5.74) is 3.13. The van der Waals surface area contributed by atoms with Crippen LogP contribution in [0.4, 0.5) is 0 Å². The highest BCUT2D eigenvalue weighted by Gasteiger charge is 2.41. The summed E-state index contributed by atoms with van der Waals surface area (Å²) in [5.74, 6) is 1.92. The van der Waals surface area contributed by atoms with E-state index in [1.807, 2.05) is 36.4 Å². The number of nitrogens with zero attached hydrogens (tertiary/aromatic N) is 4. The standard InChI is InChI=1S/C27H28ClN5O2/c1-27(12-13-27)35-26-23-25(30-17-31-26)33(16-18-6-3-2-4-7-18)24(32-23)20-8-5-9-21(22(20)28)34-19-10-14-29-15-11-19/h2-9,17,19,29H,10-16H2,1H3. The number of nitrogens with one attached hydrogen (secondary N) is 1. The molecule has 0 bridgehead atoms. The number of rotatable bonds is 7. The predicted octanol–water partition coefficient (Wildman–Crippen LogP) is 5.26. The maximum atomic E-state index is 6.96. The highest BCUT2D eigenvalue weighted by atomic mass is 35.5. The zero-order valence-corrected chi connectivity index (χ0v) is 20.5. The lowest BCUT2D eigenvalue weighted by Crippen LogP contribution is -2.34. The first-order valence-corrected chi connectivity index (χ1v) is 12.6. The van der Waals surface area contributed by atoms with Gasteiger partial charge in [-0.1, -0.05) is 48.0 Å². The number of fused-ring (bicyclic) bond motifs is 1. The Morgan fingerprint density at radius 3 is 2.63 bits per heavy atom. The van der Waals surface area contributed by atoms with Crippen LogP contribution in [-0.2, 0) is 6.54 Å². The van der Waals surface area contributed by atoms with Gasteiger partial charge < -0.3 is 19.4 Å². The van der Waals surface area contributed by atoms with Crippen LogP contribution < -0.4 is 14.8 Å². The van der Waals surface area contributed by atoms with Crippen molar-refractivity contribution in [3.05, 3.63) is 65.4 Å². The van der Waals surface area contributed by atoms with E-state index in [2.05, 4.69) is 38.9 Å². The normalized spacial score (nSPS) is 17.4. The van der Waals surface area contributed by atoms with Crippen LogP contribution in [-0.4, -0.2) is 44.3 Å². The lowest BCUT2D eigenvalue weighted by Gasteiger charge is -2.24. The topological polar surface area (TPSA) is 74.1 Å². The minimum absolute atomic E-state index is 0.150. The molecule has 4 aromatic rings. The minimum atomic E-state index is -0.176. The van der Waals surface area contributed by atoms with Crippen LogP contribution >= 0.6 is 11.6 Å². The molecular weight excluding hydrogens is 462 g/mol. The van der Waals surface area contributed by atoms with Gasteiger partial charge in [0.15, 0.2) is 11.2 Å². The molecule has 1 N–H and O–H groups in total. The summed E-state index contributed by atoms with van der Waals surface area (Å²) in [6.45, 7) is 4.60. The Morgan fingerprint density at radius 2 is 1.86 bits per heavy atom. The van der Waals surface area contributed by atoms with Gasteiger partial charge in [-0.25, -0.2) is 9.97 Å². The molecule has 1 aliphatic heterocycles. The number of ether oxygens (including phenoxy) is 2. The summed E-state index contributed by atoms with van der Waals surface area (Å²) in [7, 11) is 0. The molecule has 8 heteroatoms. The van der Waals surface area contributed by atoms with Crippen molar-refractivity contribution in [2.45, 2.75) is 50.9 Å². The van der Waals surface area contributed by atoms with E-state index in [9.17, 15) is 0 Å². The summed E-state index contributed by atoms with van der Waals surface area (Å²) in [6.07, 6.45) is 5.65. The van der Waals surface area contributed by atoms with Crippen LogP contribution in [0.15, 0.2) is 54.9 Å². The SMILES string of the molecule is CC1(Oc2ncnc3c2nc(-c2cccc(OC4CCNCC4)c2Cl)n3Cc2ccccc2)CC1. The van der Waals surface area contributed by atoms with E-state index >= 15 is 0 Å². The Balaban J connectivity index is 1.46. The second kappa shape index (κ2) is 9.13. The summed E-state index contributed by atoms with van der Waals surface area (Å²) in [5, 5.41) is 3.93. The molecule has 0 radical (unpaired) electrons. The third-order valence-corrected chi connectivity index (χ3v) is 7.15. The summed E-state index contributed by atoms with van der Waals surface area (Å²) >= 11 is 6.96. The number of halogens is 1. The van der Waals surface area contributed by atoms with Crippen molar-refractivity contribution in [1.82, 2.24) is 24.8 Å². The molecule has 1 saturated carbocycles. The second-order valence-electron chi connectivity index (χ2n) is 9.60. The number of hydrogen-bond acceptors (Lipinski definition) is 6. The third-order valence-electron chi connectivity index (χ3n) is 6.76. The Hall–Kier alpha value is -3.16. The quantitative estimate of drug-likeness (QED) is 0.382. The van der Waals surface area contributed by atoms with E-state index in [-0.39, 0.29) is 11.7 Å². The molecule has 3 heterocycles. The average molecular weight is 490 g/mol. The highest BCUT2D eigenvalue weighted by Crippen LogP contribution is 2.42. The molecular formula is C27H28ClN5O2. The molecule has 6 rings (SSSR count). The van der Waals surface area contributed by atoms with Gasteiger partial charge in [0.2, 0.25) is 5.88 Å². The van der Waals surface area contributed by atoms with E-state index in [1.54, 1.807) is 6.33 Å². The lowest BCUT2D eigenvalue weighted by atomic mass is 10.1. The van der Waals surface area contributed by atoms with Crippen molar-refractivity contribution in [2.75, 3.05) is 13.1 Å². The summed E-state index contributed by atoms with van der Waals surface area (Å²) in [6, 6.07) is 16.2. The van der Waals surface area contributed by atoms with Gasteiger partial charge in [-0.15, -0.1) is 0 Å². The Labute approximate surface area is 209 Å². The fraction of sp³-hybridized carbons (Fsp3) is 0.370. The lowest BCUT2D eigenvalue weighted by molar-refractivity contribution is 0.162. The number of imidazole rings is 1. The monoisotopic (exact) mass is 489 g/mol. The molecule has 2 aliphatic rings. The largest absolute Gasteiger partial charge is 0.489 e. The molecule has 180 valence electrons. The molecule has 7 nitrogen and oxygen atoms in total. The zero-order chi connectivity index (χ0) is 23.8. The van der Waals surface area contributed by atoms with Gasteiger partial charge in [-0.05, 0) is 63.4 Å². The Kier molecular flexibility index (Phi) is 5.82. The summed E-state index contributed by atoms with van der Waals surface area (Å²) in [4.78, 5) is 14.0. The number of benzene rings is 2. The van der Waals surface area contributed by atoms with Gasteiger partial charge >= 0.3 is 0 Å². The fourth-order valence-electron chi connectivity index (χ4n) is 4.49. The molecule has 35 heavy (non-hydrogen) atoms. The van der Waals surface area contributed by atoms with E-state index in [0.29, 0.717) is 28.7 Å². The highest BCUT2D eigenvalue weighted by molar-refractivity contribution is 6.34. The van der Waals surface area contributed by atoms with Crippen LogP contribution in [0.2, 0.25) is 5.02 Å². The van der Waals surface area contributed by atoms with Crippen LogP contribution in [0.1, 0.15) is 38.2 Å². The average Bonchev–Trinajstić information content (AvgIpc) is 3.50. The van der Waals surface area contributed by atoms with Crippen molar-refractivity contribution in [2.24, 2.45) is 0 Å². The van der Waals surface area contributed by atoms with Crippen LogP contribution in [0.5, 0.6) is 11.6 Å². The Morgan fingerprint density at radius 1 is 1.06 bits per heavy atom. The predicted molar refractivity (Wildman–Crippen MR) is 136 cm³/mol. The molecule has 2 aromatic heterocycles. The van der Waals surface area contributed by atoms with E-state index < -0.39 is 0 Å². The zero-order valence-electron chi connectivity index (χ0n) is 19.7. The number of hydrogen-bond donors (Lipinski definition) is 1. The van der Waals surface area contributed by atoms with Crippen LogP contribution in [0.25, 0.3) is 22.6 Å².